The predicted molar refractivity (Wildman–Crippen MR) is 75.3 cm³/mol. The summed E-state index contributed by atoms with van der Waals surface area (Å²) in [6.45, 7) is 4.30. The number of methoxy groups -OCH3 is 1. The predicted octanol–water partition coefficient (Wildman–Crippen LogP) is 2.31. The minimum Gasteiger partial charge on any atom is -0.383 e. The molecular weight excluding hydrogens is 240 g/mol. The van der Waals surface area contributed by atoms with Gasteiger partial charge in [0, 0.05) is 24.2 Å². The summed E-state index contributed by atoms with van der Waals surface area (Å²) in [7, 11) is 1.62. The highest BCUT2D eigenvalue weighted by atomic mass is 16.5. The Morgan fingerprint density at radius 2 is 2.16 bits per heavy atom. The average Bonchev–Trinajstić information content (AvgIpc) is 2.37. The van der Waals surface area contributed by atoms with Crippen molar-refractivity contribution >= 4 is 16.8 Å². The summed E-state index contributed by atoms with van der Waals surface area (Å²) in [5, 5.41) is 3.80. The van der Waals surface area contributed by atoms with E-state index in [0.29, 0.717) is 12.2 Å². The van der Waals surface area contributed by atoms with Crippen molar-refractivity contribution in [2.24, 2.45) is 0 Å². The minimum absolute atomic E-state index is 0.0234. The molecule has 0 aliphatic rings. The van der Waals surface area contributed by atoms with Gasteiger partial charge in [-0.2, -0.15) is 0 Å². The largest absolute Gasteiger partial charge is 0.383 e. The summed E-state index contributed by atoms with van der Waals surface area (Å²) < 4.78 is 5.02. The van der Waals surface area contributed by atoms with Crippen LogP contribution in [0.2, 0.25) is 0 Å². The van der Waals surface area contributed by atoms with Crippen LogP contribution in [0, 0.1) is 6.92 Å². The second kappa shape index (κ2) is 5.80. The van der Waals surface area contributed by atoms with Crippen molar-refractivity contribution in [3.63, 3.8) is 0 Å². The highest BCUT2D eigenvalue weighted by Crippen LogP contribution is 2.18. The third-order valence-electron chi connectivity index (χ3n) is 2.88. The van der Waals surface area contributed by atoms with Gasteiger partial charge >= 0.3 is 0 Å². The zero-order valence-electron chi connectivity index (χ0n) is 11.4. The number of nitrogens with zero attached hydrogens (tertiary/aromatic N) is 1. The van der Waals surface area contributed by atoms with E-state index in [2.05, 4.69) is 10.3 Å². The Morgan fingerprint density at radius 1 is 1.42 bits per heavy atom. The first-order valence-corrected chi connectivity index (χ1v) is 6.28. The van der Waals surface area contributed by atoms with E-state index in [0.717, 1.165) is 16.6 Å². The lowest BCUT2D eigenvalue weighted by Gasteiger charge is -2.14. The van der Waals surface area contributed by atoms with Gasteiger partial charge in [-0.3, -0.25) is 9.78 Å². The Morgan fingerprint density at radius 3 is 2.89 bits per heavy atom. The van der Waals surface area contributed by atoms with E-state index >= 15 is 0 Å². The van der Waals surface area contributed by atoms with E-state index in [-0.39, 0.29) is 11.9 Å². The number of carbonyl (C=O) groups is 1. The van der Waals surface area contributed by atoms with Crippen LogP contribution in [0.4, 0.5) is 0 Å². The van der Waals surface area contributed by atoms with E-state index in [1.165, 1.54) is 0 Å². The highest BCUT2D eigenvalue weighted by molar-refractivity contribution is 6.06. The number of para-hydroxylation sites is 1. The topological polar surface area (TPSA) is 51.2 Å². The van der Waals surface area contributed by atoms with E-state index in [4.69, 9.17) is 4.74 Å². The third-order valence-corrected chi connectivity index (χ3v) is 2.88. The lowest BCUT2D eigenvalue weighted by molar-refractivity contribution is 0.0907. The zero-order chi connectivity index (χ0) is 13.8. The number of aromatic nitrogens is 1. The number of benzene rings is 1. The van der Waals surface area contributed by atoms with Gasteiger partial charge in [0.2, 0.25) is 0 Å². The molecule has 0 unspecified atom stereocenters. The van der Waals surface area contributed by atoms with Gasteiger partial charge in [-0.15, -0.1) is 0 Å². The first-order valence-electron chi connectivity index (χ1n) is 6.28. The van der Waals surface area contributed by atoms with Crippen molar-refractivity contribution in [2.75, 3.05) is 13.7 Å². The molecule has 1 amide bonds. The van der Waals surface area contributed by atoms with Crippen molar-refractivity contribution < 1.29 is 9.53 Å². The molecule has 0 saturated carbocycles. The standard InChI is InChI=1S/C15H18N2O2/c1-10-8-13(15(18)17-11(2)9-19-3)12-6-4-5-7-14(12)16-10/h4-8,11H,9H2,1-3H3,(H,17,18)/t11-/m1/s1. The van der Waals surface area contributed by atoms with Crippen LogP contribution in [0.5, 0.6) is 0 Å². The van der Waals surface area contributed by atoms with Gasteiger partial charge in [0.25, 0.3) is 5.91 Å². The molecule has 0 fully saturated rings. The van der Waals surface area contributed by atoms with Crippen molar-refractivity contribution in [3.8, 4) is 0 Å². The number of ether oxygens (including phenoxy) is 1. The molecule has 0 aliphatic heterocycles. The normalized spacial score (nSPS) is 12.4. The Hall–Kier alpha value is -1.94. The van der Waals surface area contributed by atoms with Gasteiger partial charge in [-0.1, -0.05) is 18.2 Å². The van der Waals surface area contributed by atoms with E-state index in [1.807, 2.05) is 44.2 Å². The molecule has 1 atom stereocenters. The van der Waals surface area contributed by atoms with Gasteiger partial charge < -0.3 is 10.1 Å². The molecule has 4 nitrogen and oxygen atoms in total. The fraction of sp³-hybridized carbons (Fsp3) is 0.333. The monoisotopic (exact) mass is 258 g/mol. The summed E-state index contributed by atoms with van der Waals surface area (Å²) in [5.74, 6) is -0.0914. The van der Waals surface area contributed by atoms with E-state index < -0.39 is 0 Å². The summed E-state index contributed by atoms with van der Waals surface area (Å²) in [5.41, 5.74) is 2.33. The van der Waals surface area contributed by atoms with Gasteiger partial charge in [-0.05, 0) is 26.0 Å². The Bertz CT molecular complexity index is 596. The summed E-state index contributed by atoms with van der Waals surface area (Å²) in [4.78, 5) is 16.7. The third kappa shape index (κ3) is 3.09. The first-order chi connectivity index (χ1) is 9.11. The zero-order valence-corrected chi connectivity index (χ0v) is 11.4. The average molecular weight is 258 g/mol. The van der Waals surface area contributed by atoms with Gasteiger partial charge in [0.05, 0.1) is 17.7 Å². The maximum atomic E-state index is 12.3. The first kappa shape index (κ1) is 13.5. The van der Waals surface area contributed by atoms with Crippen LogP contribution >= 0.6 is 0 Å². The summed E-state index contributed by atoms with van der Waals surface area (Å²) in [6.07, 6.45) is 0. The van der Waals surface area contributed by atoms with Crippen molar-refractivity contribution in [3.05, 3.63) is 41.6 Å². The number of aryl methyl sites for hydroxylation is 1. The van der Waals surface area contributed by atoms with Crippen LogP contribution in [0.3, 0.4) is 0 Å². The van der Waals surface area contributed by atoms with Gasteiger partial charge in [0.15, 0.2) is 0 Å². The number of hydrogen-bond donors (Lipinski definition) is 1. The number of fused-ring (bicyclic) bond motifs is 1. The number of amides is 1. The molecule has 0 spiro atoms. The van der Waals surface area contributed by atoms with Crippen LogP contribution in [-0.2, 0) is 4.74 Å². The number of carbonyl (C=O) groups excluding carboxylic acids is 1. The van der Waals surface area contributed by atoms with Gasteiger partial charge in [0.1, 0.15) is 0 Å². The number of hydrogen-bond acceptors (Lipinski definition) is 3. The van der Waals surface area contributed by atoms with Crippen molar-refractivity contribution in [1.82, 2.24) is 10.3 Å². The van der Waals surface area contributed by atoms with Crippen LogP contribution < -0.4 is 5.32 Å². The summed E-state index contributed by atoms with van der Waals surface area (Å²) in [6, 6.07) is 9.45. The summed E-state index contributed by atoms with van der Waals surface area (Å²) >= 11 is 0. The molecule has 0 aliphatic carbocycles. The van der Waals surface area contributed by atoms with Crippen LogP contribution in [0.15, 0.2) is 30.3 Å². The van der Waals surface area contributed by atoms with Crippen LogP contribution in [-0.4, -0.2) is 30.6 Å². The fourth-order valence-electron chi connectivity index (χ4n) is 2.09. The number of pyridine rings is 1. The Kier molecular flexibility index (Phi) is 4.12. The highest BCUT2D eigenvalue weighted by Gasteiger charge is 2.13. The molecule has 0 radical (unpaired) electrons. The number of nitrogens with one attached hydrogen (secondary N) is 1. The molecule has 0 bridgehead atoms. The molecule has 1 N–H and O–H groups in total. The second-order valence-electron chi connectivity index (χ2n) is 4.66. The SMILES string of the molecule is COC[C@@H](C)NC(=O)c1cc(C)nc2ccccc12. The molecule has 4 heteroatoms. The van der Waals surface area contributed by atoms with Gasteiger partial charge in [-0.25, -0.2) is 0 Å². The van der Waals surface area contributed by atoms with E-state index in [9.17, 15) is 4.79 Å². The molecule has 19 heavy (non-hydrogen) atoms. The molecule has 2 aromatic rings. The maximum Gasteiger partial charge on any atom is 0.252 e. The van der Waals surface area contributed by atoms with Crippen molar-refractivity contribution in [2.45, 2.75) is 19.9 Å². The molecular formula is C15H18N2O2. The molecule has 0 saturated heterocycles. The Labute approximate surface area is 112 Å². The Balaban J connectivity index is 2.36. The second-order valence-corrected chi connectivity index (χ2v) is 4.66. The lowest BCUT2D eigenvalue weighted by Crippen LogP contribution is -2.35. The fourth-order valence-corrected chi connectivity index (χ4v) is 2.09. The maximum absolute atomic E-state index is 12.3. The lowest BCUT2D eigenvalue weighted by atomic mass is 10.1. The van der Waals surface area contributed by atoms with Crippen molar-refractivity contribution in [1.29, 1.82) is 0 Å². The van der Waals surface area contributed by atoms with Crippen LogP contribution in [0.1, 0.15) is 23.0 Å². The molecule has 100 valence electrons. The van der Waals surface area contributed by atoms with E-state index in [1.54, 1.807) is 7.11 Å². The quantitative estimate of drug-likeness (QED) is 0.915. The molecule has 1 aromatic carbocycles. The minimum atomic E-state index is -0.0914. The van der Waals surface area contributed by atoms with Crippen LogP contribution in [0.25, 0.3) is 10.9 Å². The number of rotatable bonds is 4. The smallest absolute Gasteiger partial charge is 0.252 e. The molecule has 2 rings (SSSR count). The molecule has 1 heterocycles. The molecule has 1 aromatic heterocycles.